The molecule has 0 radical (unpaired) electrons. The fourth-order valence-corrected chi connectivity index (χ4v) is 3.76. The monoisotopic (exact) mass is 387 g/mol. The van der Waals surface area contributed by atoms with E-state index in [1.54, 1.807) is 11.8 Å². The van der Waals surface area contributed by atoms with Crippen molar-refractivity contribution in [2.24, 2.45) is 0 Å². The zero-order valence-electron chi connectivity index (χ0n) is 15.5. The molecule has 2 aliphatic rings. The van der Waals surface area contributed by atoms with Gasteiger partial charge in [-0.25, -0.2) is 15.0 Å². The fourth-order valence-electron chi connectivity index (χ4n) is 3.41. The Kier molecular flexibility index (Phi) is 5.88. The van der Waals surface area contributed by atoms with E-state index in [0.29, 0.717) is 6.04 Å². The quantitative estimate of drug-likeness (QED) is 0.611. The third kappa shape index (κ3) is 4.59. The summed E-state index contributed by atoms with van der Waals surface area (Å²) in [6, 6.07) is 4.35. The zero-order chi connectivity index (χ0) is 18.5. The Hall–Kier alpha value is -2.13. The second kappa shape index (κ2) is 8.71. The second-order valence-corrected chi connectivity index (χ2v) is 7.42. The Labute approximate surface area is 163 Å². The van der Waals surface area contributed by atoms with Crippen LogP contribution in [0.2, 0.25) is 0 Å². The van der Waals surface area contributed by atoms with Crippen molar-refractivity contribution in [3.8, 4) is 0 Å². The fraction of sp³-hybridized carbons (Fsp3) is 0.556. The van der Waals surface area contributed by atoms with Crippen LogP contribution in [0.25, 0.3) is 0 Å². The van der Waals surface area contributed by atoms with Gasteiger partial charge in [0.05, 0.1) is 13.2 Å². The Bertz CT molecular complexity index is 748. The van der Waals surface area contributed by atoms with E-state index in [1.807, 2.05) is 30.8 Å². The van der Waals surface area contributed by atoms with E-state index in [2.05, 4.69) is 30.1 Å². The summed E-state index contributed by atoms with van der Waals surface area (Å²) < 4.78 is 5.41. The average Bonchev–Trinajstić information content (AvgIpc) is 2.75. The molecule has 1 N–H and O–H groups in total. The molecule has 0 aliphatic carbocycles. The van der Waals surface area contributed by atoms with Crippen LogP contribution in [0, 0.1) is 0 Å². The van der Waals surface area contributed by atoms with Crippen LogP contribution in [-0.2, 0) is 4.74 Å². The number of piperidine rings is 1. The molecule has 2 fully saturated rings. The maximum atomic E-state index is 5.41. The van der Waals surface area contributed by atoms with Gasteiger partial charge in [-0.15, -0.1) is 0 Å². The van der Waals surface area contributed by atoms with Gasteiger partial charge in [-0.1, -0.05) is 11.8 Å². The highest BCUT2D eigenvalue weighted by Crippen LogP contribution is 2.22. The minimum Gasteiger partial charge on any atom is -0.378 e. The number of hydrogen-bond donors (Lipinski definition) is 1. The van der Waals surface area contributed by atoms with Gasteiger partial charge in [-0.3, -0.25) is 0 Å². The Morgan fingerprint density at radius 1 is 1.00 bits per heavy atom. The number of aromatic nitrogens is 4. The molecule has 0 amide bonds. The highest BCUT2D eigenvalue weighted by Gasteiger charge is 2.21. The van der Waals surface area contributed by atoms with E-state index in [-0.39, 0.29) is 0 Å². The molecule has 0 atom stereocenters. The number of rotatable bonds is 5. The number of ether oxygens (including phenoxy) is 1. The van der Waals surface area contributed by atoms with Gasteiger partial charge < -0.3 is 19.9 Å². The Morgan fingerprint density at radius 2 is 1.78 bits per heavy atom. The first kappa shape index (κ1) is 18.2. The molecule has 0 aromatic carbocycles. The number of anilines is 3. The summed E-state index contributed by atoms with van der Waals surface area (Å²) in [5.74, 6) is 2.70. The lowest BCUT2D eigenvalue weighted by atomic mass is 10.1. The first-order valence-corrected chi connectivity index (χ1v) is 10.6. The number of thioether (sulfide) groups is 1. The molecule has 0 spiro atoms. The molecule has 0 saturated carbocycles. The summed E-state index contributed by atoms with van der Waals surface area (Å²) in [5.41, 5.74) is 0. The molecule has 2 aromatic heterocycles. The van der Waals surface area contributed by atoms with E-state index in [1.165, 1.54) is 0 Å². The molecule has 0 unspecified atom stereocenters. The molecule has 9 heteroatoms. The number of nitrogens with zero attached hydrogens (tertiary/aromatic N) is 6. The molecular formula is C18H25N7OS. The predicted molar refractivity (Wildman–Crippen MR) is 108 cm³/mol. The van der Waals surface area contributed by atoms with E-state index < -0.39 is 0 Å². The Morgan fingerprint density at radius 3 is 2.56 bits per heavy atom. The van der Waals surface area contributed by atoms with Crippen LogP contribution in [0.1, 0.15) is 12.8 Å². The zero-order valence-corrected chi connectivity index (χ0v) is 16.4. The van der Waals surface area contributed by atoms with Crippen molar-refractivity contribution in [2.45, 2.75) is 24.0 Å². The van der Waals surface area contributed by atoms with Crippen LogP contribution >= 0.6 is 11.8 Å². The van der Waals surface area contributed by atoms with Gasteiger partial charge in [0.2, 0.25) is 5.95 Å². The minimum absolute atomic E-state index is 0.413. The van der Waals surface area contributed by atoms with Crippen LogP contribution in [0.4, 0.5) is 17.6 Å². The van der Waals surface area contributed by atoms with Gasteiger partial charge >= 0.3 is 0 Å². The largest absolute Gasteiger partial charge is 0.378 e. The maximum absolute atomic E-state index is 5.41. The molecule has 2 saturated heterocycles. The summed E-state index contributed by atoms with van der Waals surface area (Å²) in [5, 5.41) is 4.41. The third-order valence-corrected chi connectivity index (χ3v) is 5.47. The van der Waals surface area contributed by atoms with E-state index in [4.69, 9.17) is 9.72 Å². The summed E-state index contributed by atoms with van der Waals surface area (Å²) in [6.07, 6.45) is 7.78. The SMILES string of the molecule is CSc1nccc(N2CCC(Nc3ccnc(N4CCOCC4)n3)CC2)n1. The molecule has 2 aliphatic heterocycles. The Balaban J connectivity index is 1.34. The van der Waals surface area contributed by atoms with Gasteiger partial charge in [0, 0.05) is 44.6 Å². The summed E-state index contributed by atoms with van der Waals surface area (Å²) >= 11 is 1.58. The molecule has 0 bridgehead atoms. The van der Waals surface area contributed by atoms with Crippen LogP contribution in [-0.4, -0.2) is 71.6 Å². The van der Waals surface area contributed by atoms with Gasteiger partial charge in [0.1, 0.15) is 11.6 Å². The molecule has 144 valence electrons. The highest BCUT2D eigenvalue weighted by atomic mass is 32.2. The third-order valence-electron chi connectivity index (χ3n) is 4.91. The summed E-state index contributed by atoms with van der Waals surface area (Å²) in [7, 11) is 0. The normalized spacial score (nSPS) is 18.6. The molecule has 4 rings (SSSR count). The van der Waals surface area contributed by atoms with Crippen molar-refractivity contribution in [3.63, 3.8) is 0 Å². The van der Waals surface area contributed by atoms with Crippen LogP contribution in [0.3, 0.4) is 0 Å². The first-order valence-electron chi connectivity index (χ1n) is 9.36. The standard InChI is InChI=1S/C18H25N7OS/c1-27-18-20-7-3-16(23-18)24-8-4-14(5-9-24)21-15-2-6-19-17(22-15)25-10-12-26-13-11-25/h2-3,6-7,14H,4-5,8-13H2,1H3,(H,19,21,22). The van der Waals surface area contributed by atoms with Gasteiger partial charge in [-0.05, 0) is 31.2 Å². The van der Waals surface area contributed by atoms with Gasteiger partial charge in [0.15, 0.2) is 5.16 Å². The molecule has 27 heavy (non-hydrogen) atoms. The molecule has 4 heterocycles. The molecule has 8 nitrogen and oxygen atoms in total. The van der Waals surface area contributed by atoms with Crippen molar-refractivity contribution in [2.75, 3.05) is 60.8 Å². The maximum Gasteiger partial charge on any atom is 0.227 e. The second-order valence-electron chi connectivity index (χ2n) is 6.65. The van der Waals surface area contributed by atoms with Crippen LogP contribution in [0.15, 0.2) is 29.7 Å². The smallest absolute Gasteiger partial charge is 0.227 e. The van der Waals surface area contributed by atoms with Crippen molar-refractivity contribution in [1.29, 1.82) is 0 Å². The minimum atomic E-state index is 0.413. The highest BCUT2D eigenvalue weighted by molar-refractivity contribution is 7.98. The van der Waals surface area contributed by atoms with Crippen LogP contribution < -0.4 is 15.1 Å². The van der Waals surface area contributed by atoms with E-state index in [0.717, 1.165) is 75.0 Å². The van der Waals surface area contributed by atoms with Crippen molar-refractivity contribution >= 4 is 29.3 Å². The first-order chi connectivity index (χ1) is 13.3. The molecular weight excluding hydrogens is 362 g/mol. The topological polar surface area (TPSA) is 79.3 Å². The van der Waals surface area contributed by atoms with Gasteiger partial charge in [-0.2, -0.15) is 4.98 Å². The lowest BCUT2D eigenvalue weighted by molar-refractivity contribution is 0.122. The lowest BCUT2D eigenvalue weighted by Crippen LogP contribution is -2.40. The average molecular weight is 388 g/mol. The van der Waals surface area contributed by atoms with Crippen LogP contribution in [0.5, 0.6) is 0 Å². The lowest BCUT2D eigenvalue weighted by Gasteiger charge is -2.33. The number of morpholine rings is 1. The summed E-state index contributed by atoms with van der Waals surface area (Å²) in [4.78, 5) is 22.5. The number of nitrogens with one attached hydrogen (secondary N) is 1. The van der Waals surface area contributed by atoms with Crippen molar-refractivity contribution in [3.05, 3.63) is 24.5 Å². The van der Waals surface area contributed by atoms with Crippen molar-refractivity contribution < 1.29 is 4.74 Å². The van der Waals surface area contributed by atoms with Gasteiger partial charge in [0.25, 0.3) is 0 Å². The molecule has 2 aromatic rings. The van der Waals surface area contributed by atoms with Crippen molar-refractivity contribution in [1.82, 2.24) is 19.9 Å². The predicted octanol–water partition coefficient (Wildman–Crippen LogP) is 1.91. The summed E-state index contributed by atoms with van der Waals surface area (Å²) in [6.45, 7) is 5.12. The van der Waals surface area contributed by atoms with E-state index in [9.17, 15) is 0 Å². The van der Waals surface area contributed by atoms with E-state index >= 15 is 0 Å². The number of hydrogen-bond acceptors (Lipinski definition) is 9.